The minimum Gasteiger partial charge on any atom is -0.465 e. The quantitative estimate of drug-likeness (QED) is 0.837. The molecule has 1 aliphatic rings. The minimum absolute atomic E-state index is 0.0334. The van der Waals surface area contributed by atoms with Gasteiger partial charge in [0.2, 0.25) is 10.0 Å². The lowest BCUT2D eigenvalue weighted by atomic mass is 10.2. The van der Waals surface area contributed by atoms with Crippen LogP contribution in [-0.4, -0.2) is 19.6 Å². The van der Waals surface area contributed by atoms with Gasteiger partial charge in [-0.05, 0) is 32.6 Å². The van der Waals surface area contributed by atoms with Gasteiger partial charge in [-0.2, -0.15) is 0 Å². The molecule has 2 atom stereocenters. The Bertz CT molecular complexity index is 561. The van der Waals surface area contributed by atoms with Crippen LogP contribution in [0.1, 0.15) is 43.3 Å². The van der Waals surface area contributed by atoms with Crippen LogP contribution in [0.4, 0.5) is 0 Å². The Morgan fingerprint density at radius 1 is 1.37 bits per heavy atom. The fourth-order valence-corrected chi connectivity index (χ4v) is 4.34. The molecular formula is C13H21NO4S. The third-order valence-electron chi connectivity index (χ3n) is 3.64. The van der Waals surface area contributed by atoms with Crippen molar-refractivity contribution < 1.29 is 17.9 Å². The van der Waals surface area contributed by atoms with Gasteiger partial charge >= 0.3 is 0 Å². The molecule has 1 aromatic rings. The fourth-order valence-electron chi connectivity index (χ4n) is 2.58. The van der Waals surface area contributed by atoms with Gasteiger partial charge in [-0.25, -0.2) is 13.1 Å². The Morgan fingerprint density at radius 2 is 2.05 bits per heavy atom. The average Bonchev–Trinajstić information content (AvgIpc) is 2.93. The van der Waals surface area contributed by atoms with E-state index in [4.69, 9.17) is 4.42 Å². The van der Waals surface area contributed by atoms with Crippen LogP contribution in [0.3, 0.4) is 0 Å². The monoisotopic (exact) mass is 287 g/mol. The number of hydrogen-bond acceptors (Lipinski definition) is 4. The number of aliphatic hydroxyl groups excluding tert-OH is 1. The van der Waals surface area contributed by atoms with Crippen molar-refractivity contribution in [2.75, 3.05) is 0 Å². The maximum atomic E-state index is 12.4. The van der Waals surface area contributed by atoms with Crippen LogP contribution in [0.25, 0.3) is 0 Å². The van der Waals surface area contributed by atoms with Crippen molar-refractivity contribution in [1.29, 1.82) is 0 Å². The summed E-state index contributed by atoms with van der Waals surface area (Å²) in [5.41, 5.74) is 0.359. The molecule has 0 aromatic carbocycles. The van der Waals surface area contributed by atoms with Crippen molar-refractivity contribution >= 4 is 10.0 Å². The number of aliphatic hydroxyl groups is 1. The molecule has 1 aromatic heterocycles. The Hall–Kier alpha value is -0.850. The first kappa shape index (κ1) is 14.6. The molecule has 5 nitrogen and oxygen atoms in total. The van der Waals surface area contributed by atoms with E-state index in [0.29, 0.717) is 23.0 Å². The van der Waals surface area contributed by atoms with E-state index < -0.39 is 10.0 Å². The van der Waals surface area contributed by atoms with Gasteiger partial charge in [0.15, 0.2) is 0 Å². The molecule has 1 fully saturated rings. The summed E-state index contributed by atoms with van der Waals surface area (Å²) in [6.07, 6.45) is 3.01. The van der Waals surface area contributed by atoms with Crippen LogP contribution < -0.4 is 4.72 Å². The second kappa shape index (κ2) is 5.26. The summed E-state index contributed by atoms with van der Waals surface area (Å²) in [4.78, 5) is 0.106. The van der Waals surface area contributed by atoms with Crippen molar-refractivity contribution in [2.24, 2.45) is 5.92 Å². The predicted octanol–water partition coefficient (Wildman–Crippen LogP) is 1.86. The van der Waals surface area contributed by atoms with Crippen LogP contribution in [0.2, 0.25) is 0 Å². The van der Waals surface area contributed by atoms with Gasteiger partial charge in [0.05, 0.1) is 6.61 Å². The third-order valence-corrected chi connectivity index (χ3v) is 5.32. The van der Waals surface area contributed by atoms with E-state index in [1.807, 2.05) is 0 Å². The Balaban J connectivity index is 2.21. The lowest BCUT2D eigenvalue weighted by molar-refractivity contribution is 0.276. The molecule has 0 radical (unpaired) electrons. The molecule has 0 bridgehead atoms. The first-order valence-corrected chi connectivity index (χ1v) is 8.11. The van der Waals surface area contributed by atoms with Crippen LogP contribution in [0, 0.1) is 19.8 Å². The predicted molar refractivity (Wildman–Crippen MR) is 71.2 cm³/mol. The lowest BCUT2D eigenvalue weighted by Crippen LogP contribution is -2.28. The summed E-state index contributed by atoms with van der Waals surface area (Å²) >= 11 is 0. The van der Waals surface area contributed by atoms with Gasteiger partial charge in [0.1, 0.15) is 16.4 Å². The number of hydrogen-bond donors (Lipinski definition) is 2. The summed E-state index contributed by atoms with van der Waals surface area (Å²) < 4.78 is 32.8. The molecule has 1 heterocycles. The van der Waals surface area contributed by atoms with E-state index in [1.165, 1.54) is 0 Å². The maximum absolute atomic E-state index is 12.4. The van der Waals surface area contributed by atoms with Gasteiger partial charge in [-0.3, -0.25) is 0 Å². The van der Waals surface area contributed by atoms with Crippen molar-refractivity contribution in [1.82, 2.24) is 4.72 Å². The maximum Gasteiger partial charge on any atom is 0.244 e. The first-order valence-electron chi connectivity index (χ1n) is 6.62. The number of sulfonamides is 1. The minimum atomic E-state index is -3.60. The largest absolute Gasteiger partial charge is 0.465 e. The number of furan rings is 1. The molecule has 0 aliphatic heterocycles. The van der Waals surface area contributed by atoms with Crippen molar-refractivity contribution in [3.63, 3.8) is 0 Å². The van der Waals surface area contributed by atoms with E-state index in [-0.39, 0.29) is 17.5 Å². The van der Waals surface area contributed by atoms with E-state index in [2.05, 4.69) is 11.6 Å². The molecule has 0 saturated heterocycles. The van der Waals surface area contributed by atoms with Gasteiger partial charge in [-0.1, -0.05) is 13.3 Å². The summed E-state index contributed by atoms with van der Waals surface area (Å²) in [6, 6.07) is 0.0334. The zero-order valence-corrected chi connectivity index (χ0v) is 12.4. The van der Waals surface area contributed by atoms with Crippen LogP contribution >= 0.6 is 0 Å². The highest BCUT2D eigenvalue weighted by molar-refractivity contribution is 7.89. The summed E-state index contributed by atoms with van der Waals surface area (Å²) in [5.74, 6) is 1.24. The SMILES string of the molecule is CCCC1CC1NS(=O)(=O)c1c(C)oc(C)c1CO. The average molecular weight is 287 g/mol. The highest BCUT2D eigenvalue weighted by Gasteiger charge is 2.40. The summed E-state index contributed by atoms with van der Waals surface area (Å²) in [6.45, 7) is 5.03. The van der Waals surface area contributed by atoms with Gasteiger partial charge < -0.3 is 9.52 Å². The van der Waals surface area contributed by atoms with Crippen molar-refractivity contribution in [3.8, 4) is 0 Å². The Labute approximate surface area is 114 Å². The van der Waals surface area contributed by atoms with Crippen LogP contribution in [-0.2, 0) is 16.6 Å². The second-order valence-electron chi connectivity index (χ2n) is 5.19. The first-order chi connectivity index (χ1) is 8.90. The molecule has 1 saturated carbocycles. The molecule has 1 aliphatic carbocycles. The smallest absolute Gasteiger partial charge is 0.244 e. The summed E-state index contributed by atoms with van der Waals surface area (Å²) in [7, 11) is -3.60. The second-order valence-corrected chi connectivity index (χ2v) is 6.84. The van der Waals surface area contributed by atoms with Crippen molar-refractivity contribution in [3.05, 3.63) is 17.1 Å². The zero-order valence-electron chi connectivity index (χ0n) is 11.6. The molecular weight excluding hydrogens is 266 g/mol. The zero-order chi connectivity index (χ0) is 14.2. The third kappa shape index (κ3) is 2.85. The van der Waals surface area contributed by atoms with Crippen molar-refractivity contribution in [2.45, 2.75) is 57.6 Å². The molecule has 6 heteroatoms. The topological polar surface area (TPSA) is 79.5 Å². The number of nitrogens with one attached hydrogen (secondary N) is 1. The Kier molecular flexibility index (Phi) is 4.03. The normalized spacial score (nSPS) is 22.7. The number of aryl methyl sites for hydroxylation is 2. The molecule has 0 spiro atoms. The van der Waals surface area contributed by atoms with Gasteiger partial charge in [0, 0.05) is 11.6 Å². The lowest BCUT2D eigenvalue weighted by Gasteiger charge is -2.07. The Morgan fingerprint density at radius 3 is 2.63 bits per heavy atom. The van der Waals surface area contributed by atoms with E-state index >= 15 is 0 Å². The fraction of sp³-hybridized carbons (Fsp3) is 0.692. The number of rotatable bonds is 6. The summed E-state index contributed by atoms with van der Waals surface area (Å²) in [5, 5.41) is 9.31. The molecule has 19 heavy (non-hydrogen) atoms. The van der Waals surface area contributed by atoms with E-state index in [0.717, 1.165) is 19.3 Å². The van der Waals surface area contributed by atoms with Crippen LogP contribution in [0.5, 0.6) is 0 Å². The van der Waals surface area contributed by atoms with Gasteiger partial charge in [-0.15, -0.1) is 0 Å². The molecule has 108 valence electrons. The highest BCUT2D eigenvalue weighted by atomic mass is 32.2. The molecule has 2 N–H and O–H groups in total. The van der Waals surface area contributed by atoms with E-state index in [1.54, 1.807) is 13.8 Å². The van der Waals surface area contributed by atoms with E-state index in [9.17, 15) is 13.5 Å². The molecule has 2 unspecified atom stereocenters. The van der Waals surface area contributed by atoms with Crippen LogP contribution in [0.15, 0.2) is 9.31 Å². The standard InChI is InChI=1S/C13H21NO4S/c1-4-5-10-6-12(10)14-19(16,17)13-9(3)18-8(2)11(13)7-15/h10,12,14-15H,4-7H2,1-3H3. The highest BCUT2D eigenvalue weighted by Crippen LogP contribution is 2.36. The van der Waals surface area contributed by atoms with Gasteiger partial charge in [0.25, 0.3) is 0 Å². The molecule has 2 rings (SSSR count). The molecule has 0 amide bonds.